The van der Waals surface area contributed by atoms with Crippen molar-refractivity contribution in [3.63, 3.8) is 0 Å². The molecule has 1 aromatic carbocycles. The summed E-state index contributed by atoms with van der Waals surface area (Å²) in [7, 11) is 0. The number of hydrogen-bond donors (Lipinski definition) is 3. The lowest BCUT2D eigenvalue weighted by atomic mass is 10.1. The Hall–Kier alpha value is -2.28. The molecule has 0 saturated carbocycles. The van der Waals surface area contributed by atoms with Crippen LogP contribution in [-0.4, -0.2) is 42.4 Å². The molecule has 112 valence electrons. The lowest BCUT2D eigenvalue weighted by molar-refractivity contribution is -0.121. The third-order valence-corrected chi connectivity index (χ3v) is 3.30. The zero-order valence-electron chi connectivity index (χ0n) is 11.2. The molecule has 1 fully saturated rings. The normalized spacial score (nSPS) is 14.8. The number of carbonyl (C=O) groups excluding carboxylic acids is 3. The number of imide groups is 1. The summed E-state index contributed by atoms with van der Waals surface area (Å²) in [6.07, 6.45) is 0.265. The molecule has 21 heavy (non-hydrogen) atoms. The Morgan fingerprint density at radius 1 is 1.43 bits per heavy atom. The van der Waals surface area contributed by atoms with Crippen LogP contribution in [0.2, 0.25) is 5.02 Å². The van der Waals surface area contributed by atoms with Crippen molar-refractivity contribution in [2.75, 3.05) is 25.4 Å². The van der Waals surface area contributed by atoms with Crippen molar-refractivity contribution in [2.24, 2.45) is 0 Å². The average molecular weight is 311 g/mol. The van der Waals surface area contributed by atoms with Gasteiger partial charge in [0.15, 0.2) is 0 Å². The first-order valence-corrected chi connectivity index (χ1v) is 6.77. The number of halogens is 1. The SMILES string of the molecule is Nc1ccc(Cl)cc1C(=O)NCCN1CCC(=O)NC1=O. The molecule has 4 amide bonds. The Labute approximate surface area is 126 Å². The molecule has 1 heterocycles. The van der Waals surface area contributed by atoms with Crippen molar-refractivity contribution in [3.8, 4) is 0 Å². The zero-order valence-corrected chi connectivity index (χ0v) is 11.9. The van der Waals surface area contributed by atoms with Gasteiger partial charge in [0.1, 0.15) is 0 Å². The van der Waals surface area contributed by atoms with E-state index in [9.17, 15) is 14.4 Å². The average Bonchev–Trinajstić information content (AvgIpc) is 2.43. The van der Waals surface area contributed by atoms with Crippen LogP contribution in [0.5, 0.6) is 0 Å². The van der Waals surface area contributed by atoms with E-state index in [2.05, 4.69) is 10.6 Å². The number of nitrogens with one attached hydrogen (secondary N) is 2. The van der Waals surface area contributed by atoms with E-state index in [-0.39, 0.29) is 24.8 Å². The van der Waals surface area contributed by atoms with Crippen LogP contribution in [0.1, 0.15) is 16.8 Å². The van der Waals surface area contributed by atoms with Gasteiger partial charge in [0.05, 0.1) is 5.56 Å². The molecule has 0 aliphatic carbocycles. The molecule has 2 rings (SSSR count). The number of benzene rings is 1. The molecule has 0 radical (unpaired) electrons. The second-order valence-corrected chi connectivity index (χ2v) is 5.01. The molecule has 0 aromatic heterocycles. The highest BCUT2D eigenvalue weighted by molar-refractivity contribution is 6.31. The molecule has 0 atom stereocenters. The summed E-state index contributed by atoms with van der Waals surface area (Å²) in [6.45, 7) is 0.914. The van der Waals surface area contributed by atoms with E-state index in [0.717, 1.165) is 0 Å². The molecule has 1 saturated heterocycles. The Bertz CT molecular complexity index is 591. The molecule has 1 aromatic rings. The van der Waals surface area contributed by atoms with Crippen LogP contribution in [0, 0.1) is 0 Å². The number of nitrogen functional groups attached to an aromatic ring is 1. The summed E-state index contributed by atoms with van der Waals surface area (Å²) in [5.74, 6) is -0.643. The quantitative estimate of drug-likeness (QED) is 0.708. The van der Waals surface area contributed by atoms with Gasteiger partial charge in [-0.3, -0.25) is 14.9 Å². The van der Waals surface area contributed by atoms with Crippen molar-refractivity contribution < 1.29 is 14.4 Å². The van der Waals surface area contributed by atoms with Crippen molar-refractivity contribution in [1.29, 1.82) is 0 Å². The smallest absolute Gasteiger partial charge is 0.324 e. The van der Waals surface area contributed by atoms with Crippen LogP contribution in [0.3, 0.4) is 0 Å². The number of rotatable bonds is 4. The van der Waals surface area contributed by atoms with E-state index in [0.29, 0.717) is 29.4 Å². The second-order valence-electron chi connectivity index (χ2n) is 4.58. The fraction of sp³-hybridized carbons (Fsp3) is 0.308. The van der Waals surface area contributed by atoms with E-state index >= 15 is 0 Å². The van der Waals surface area contributed by atoms with Gasteiger partial charge in [0, 0.05) is 36.8 Å². The third kappa shape index (κ3) is 3.85. The maximum Gasteiger partial charge on any atom is 0.324 e. The number of nitrogens with zero attached hydrogens (tertiary/aromatic N) is 1. The van der Waals surface area contributed by atoms with Gasteiger partial charge < -0.3 is 16.0 Å². The number of anilines is 1. The maximum atomic E-state index is 12.0. The fourth-order valence-corrected chi connectivity index (χ4v) is 2.11. The first kappa shape index (κ1) is 15.1. The molecular formula is C13H15ClN4O3. The monoisotopic (exact) mass is 310 g/mol. The minimum atomic E-state index is -0.442. The van der Waals surface area contributed by atoms with Crippen molar-refractivity contribution in [1.82, 2.24) is 15.5 Å². The lowest BCUT2D eigenvalue weighted by Crippen LogP contribution is -2.51. The molecule has 7 nitrogen and oxygen atoms in total. The van der Waals surface area contributed by atoms with Crippen LogP contribution in [0.4, 0.5) is 10.5 Å². The number of hydrogen-bond acceptors (Lipinski definition) is 4. The first-order chi connectivity index (χ1) is 9.97. The Kier molecular flexibility index (Phi) is 4.64. The number of urea groups is 1. The predicted octanol–water partition coefficient (Wildman–Crippen LogP) is 0.594. The number of nitrogens with two attached hydrogens (primary N) is 1. The van der Waals surface area contributed by atoms with E-state index in [1.54, 1.807) is 12.1 Å². The Morgan fingerprint density at radius 2 is 2.19 bits per heavy atom. The second kappa shape index (κ2) is 6.45. The highest BCUT2D eigenvalue weighted by atomic mass is 35.5. The summed E-state index contributed by atoms with van der Waals surface area (Å²) >= 11 is 5.82. The van der Waals surface area contributed by atoms with Gasteiger partial charge in [-0.05, 0) is 18.2 Å². The first-order valence-electron chi connectivity index (χ1n) is 6.39. The van der Waals surface area contributed by atoms with Gasteiger partial charge in [-0.15, -0.1) is 0 Å². The van der Waals surface area contributed by atoms with E-state index in [1.807, 2.05) is 0 Å². The van der Waals surface area contributed by atoms with Gasteiger partial charge in [0.25, 0.3) is 5.91 Å². The van der Waals surface area contributed by atoms with Gasteiger partial charge in [-0.25, -0.2) is 4.79 Å². The topological polar surface area (TPSA) is 105 Å². The molecular weight excluding hydrogens is 296 g/mol. The fourth-order valence-electron chi connectivity index (χ4n) is 1.94. The summed E-state index contributed by atoms with van der Waals surface area (Å²) in [4.78, 5) is 35.9. The van der Waals surface area contributed by atoms with Crippen molar-refractivity contribution >= 4 is 35.1 Å². The molecule has 0 unspecified atom stereocenters. The Morgan fingerprint density at radius 3 is 2.90 bits per heavy atom. The van der Waals surface area contributed by atoms with Crippen LogP contribution in [0.25, 0.3) is 0 Å². The zero-order chi connectivity index (χ0) is 15.4. The van der Waals surface area contributed by atoms with Gasteiger partial charge >= 0.3 is 6.03 Å². The highest BCUT2D eigenvalue weighted by Gasteiger charge is 2.22. The maximum absolute atomic E-state index is 12.0. The summed E-state index contributed by atoms with van der Waals surface area (Å²) in [5.41, 5.74) is 6.33. The molecule has 0 spiro atoms. The summed E-state index contributed by atoms with van der Waals surface area (Å²) < 4.78 is 0. The van der Waals surface area contributed by atoms with E-state index in [4.69, 9.17) is 17.3 Å². The highest BCUT2D eigenvalue weighted by Crippen LogP contribution is 2.17. The molecule has 1 aliphatic heterocycles. The molecule has 4 N–H and O–H groups in total. The van der Waals surface area contributed by atoms with Crippen LogP contribution < -0.4 is 16.4 Å². The predicted molar refractivity (Wildman–Crippen MR) is 77.9 cm³/mol. The lowest BCUT2D eigenvalue weighted by Gasteiger charge is -2.26. The van der Waals surface area contributed by atoms with Crippen LogP contribution >= 0.6 is 11.6 Å². The molecule has 8 heteroatoms. The van der Waals surface area contributed by atoms with E-state index < -0.39 is 6.03 Å². The van der Waals surface area contributed by atoms with Gasteiger partial charge in [-0.2, -0.15) is 0 Å². The molecule has 0 bridgehead atoms. The number of carbonyl (C=O) groups is 3. The van der Waals surface area contributed by atoms with Gasteiger partial charge in [-0.1, -0.05) is 11.6 Å². The standard InChI is InChI=1S/C13H15ClN4O3/c14-8-1-2-10(15)9(7-8)12(20)16-4-6-18-5-3-11(19)17-13(18)21/h1-2,7H,3-6,15H2,(H,16,20)(H,17,19,21). The van der Waals surface area contributed by atoms with E-state index in [1.165, 1.54) is 11.0 Å². The largest absolute Gasteiger partial charge is 0.398 e. The van der Waals surface area contributed by atoms with Crippen LogP contribution in [0.15, 0.2) is 18.2 Å². The summed E-state index contributed by atoms with van der Waals surface area (Å²) in [6, 6.07) is 4.20. The van der Waals surface area contributed by atoms with Gasteiger partial charge in [0.2, 0.25) is 5.91 Å². The third-order valence-electron chi connectivity index (χ3n) is 3.07. The van der Waals surface area contributed by atoms with Crippen molar-refractivity contribution in [3.05, 3.63) is 28.8 Å². The number of amides is 4. The molecule has 1 aliphatic rings. The van der Waals surface area contributed by atoms with Crippen molar-refractivity contribution in [2.45, 2.75) is 6.42 Å². The Balaban J connectivity index is 1.86. The minimum absolute atomic E-state index is 0.256. The minimum Gasteiger partial charge on any atom is -0.398 e. The summed E-state index contributed by atoms with van der Waals surface area (Å²) in [5, 5.41) is 5.30. The van der Waals surface area contributed by atoms with Crippen LogP contribution in [-0.2, 0) is 4.79 Å².